The molecule has 4 aliphatic carbocycles. The van der Waals surface area contributed by atoms with Gasteiger partial charge in [-0.25, -0.2) is 8.78 Å². The van der Waals surface area contributed by atoms with E-state index in [1.807, 2.05) is 25.1 Å². The number of ketones is 2. The number of aliphatic hydroxyl groups is 2. The molecule has 5 aliphatic rings. The third-order valence-corrected chi connectivity index (χ3v) is 10.9. The number of hydrogen-bond acceptors (Lipinski definition) is 6. The first-order chi connectivity index (χ1) is 17.9. The van der Waals surface area contributed by atoms with E-state index in [1.165, 1.54) is 18.2 Å². The van der Waals surface area contributed by atoms with E-state index in [0.29, 0.717) is 24.5 Å². The zero-order valence-electron chi connectivity index (χ0n) is 21.4. The van der Waals surface area contributed by atoms with Crippen molar-refractivity contribution in [3.05, 3.63) is 58.7 Å². The lowest BCUT2D eigenvalue weighted by Crippen LogP contribution is -2.70. The molecule has 1 aromatic rings. The summed E-state index contributed by atoms with van der Waals surface area (Å²) in [4.78, 5) is 32.0. The monoisotopic (exact) mass is 547 g/mol. The van der Waals surface area contributed by atoms with E-state index in [2.05, 4.69) is 0 Å². The predicted octanol–water partition coefficient (Wildman–Crippen LogP) is 3.93. The first-order valence-electron chi connectivity index (χ1n) is 13.2. The Balaban J connectivity index is 1.40. The van der Waals surface area contributed by atoms with Gasteiger partial charge >= 0.3 is 0 Å². The molecular formula is C29H32ClF2NO5. The fourth-order valence-electron chi connectivity index (χ4n) is 8.85. The number of carbonyl (C=O) groups is 2. The van der Waals surface area contributed by atoms with E-state index >= 15 is 8.78 Å². The van der Waals surface area contributed by atoms with Gasteiger partial charge in [0.25, 0.3) is 0 Å². The summed E-state index contributed by atoms with van der Waals surface area (Å²) in [5.74, 6) is -2.70. The van der Waals surface area contributed by atoms with Crippen LogP contribution in [0.4, 0.5) is 8.78 Å². The van der Waals surface area contributed by atoms with Gasteiger partial charge in [0.1, 0.15) is 12.8 Å². The van der Waals surface area contributed by atoms with Gasteiger partial charge in [0, 0.05) is 34.2 Å². The van der Waals surface area contributed by atoms with Crippen molar-refractivity contribution in [2.75, 3.05) is 13.2 Å². The van der Waals surface area contributed by atoms with Crippen LogP contribution in [0.2, 0.25) is 5.02 Å². The Labute approximate surface area is 225 Å². The van der Waals surface area contributed by atoms with Crippen LogP contribution in [0.5, 0.6) is 0 Å². The van der Waals surface area contributed by atoms with E-state index in [0.717, 1.165) is 5.56 Å². The van der Waals surface area contributed by atoms with Crippen LogP contribution in [0, 0.1) is 28.6 Å². The van der Waals surface area contributed by atoms with Crippen LogP contribution >= 0.6 is 11.6 Å². The van der Waals surface area contributed by atoms with Crippen molar-refractivity contribution in [3.63, 3.8) is 0 Å². The third kappa shape index (κ3) is 3.12. The highest BCUT2D eigenvalue weighted by Crippen LogP contribution is 2.72. The van der Waals surface area contributed by atoms with Gasteiger partial charge in [-0.15, -0.1) is 0 Å². The van der Waals surface area contributed by atoms with Crippen molar-refractivity contribution in [2.24, 2.45) is 28.6 Å². The van der Waals surface area contributed by atoms with Crippen LogP contribution in [0.1, 0.15) is 38.7 Å². The number of alkyl halides is 2. The minimum atomic E-state index is -2.23. The van der Waals surface area contributed by atoms with Crippen LogP contribution in [0.3, 0.4) is 0 Å². The standard InChI is InChI=1S/C29H32ClF2NO5/c1-26-8-7-18(35)10-21(26)23(31)11-20-19-9-17-14-33(13-16-5-3-4-6-22(16)30)38-29(17,25(37)15-34)27(19,2)12-24(36)28(20,26)32/h3-8,10,17,19-20,23-24,34,36H,9,11-15H2,1-2H3/t17-,19-,20-,23-,24-,26-,27-,28-,29-/m0/s1. The average molecular weight is 548 g/mol. The molecule has 0 unspecified atom stereocenters. The van der Waals surface area contributed by atoms with Crippen molar-refractivity contribution in [1.29, 1.82) is 0 Å². The number of allylic oxidation sites excluding steroid dienone is 4. The van der Waals surface area contributed by atoms with Gasteiger partial charge in [0.15, 0.2) is 22.8 Å². The summed E-state index contributed by atoms with van der Waals surface area (Å²) in [5.41, 5.74) is -5.40. The summed E-state index contributed by atoms with van der Waals surface area (Å²) < 4.78 is 33.1. The van der Waals surface area contributed by atoms with Crippen molar-refractivity contribution in [2.45, 2.75) is 63.2 Å². The number of halogens is 3. The molecule has 1 heterocycles. The Morgan fingerprint density at radius 3 is 2.68 bits per heavy atom. The molecule has 3 saturated carbocycles. The second-order valence-corrected chi connectivity index (χ2v) is 12.5. The number of Topliss-reactive ketones (excluding diaryl/α,β-unsaturated/α-hetero) is 1. The Bertz CT molecular complexity index is 1270. The Kier molecular flexibility index (Phi) is 5.88. The van der Waals surface area contributed by atoms with Crippen LogP contribution in [-0.4, -0.2) is 63.5 Å². The molecule has 204 valence electrons. The fourth-order valence-corrected chi connectivity index (χ4v) is 9.05. The van der Waals surface area contributed by atoms with Gasteiger partial charge in [-0.2, -0.15) is 5.06 Å². The molecule has 0 aromatic heterocycles. The van der Waals surface area contributed by atoms with E-state index in [-0.39, 0.29) is 24.3 Å². The van der Waals surface area contributed by atoms with E-state index in [4.69, 9.17) is 16.4 Å². The first kappa shape index (κ1) is 26.3. The summed E-state index contributed by atoms with van der Waals surface area (Å²) in [6.45, 7) is 3.27. The number of aliphatic hydroxyl groups excluding tert-OH is 2. The lowest BCUT2D eigenvalue weighted by Gasteiger charge is -2.63. The number of benzene rings is 1. The summed E-state index contributed by atoms with van der Waals surface area (Å²) in [6, 6.07) is 7.31. The Morgan fingerprint density at radius 2 is 1.97 bits per heavy atom. The lowest BCUT2D eigenvalue weighted by atomic mass is 9.44. The lowest BCUT2D eigenvalue weighted by molar-refractivity contribution is -0.269. The maximum atomic E-state index is 17.4. The molecule has 6 nitrogen and oxygen atoms in total. The molecule has 38 heavy (non-hydrogen) atoms. The van der Waals surface area contributed by atoms with Gasteiger partial charge in [0.05, 0.1) is 12.6 Å². The number of fused-ring (bicyclic) bond motifs is 7. The number of hydrogen-bond donors (Lipinski definition) is 2. The SMILES string of the molecule is C[C@]12C=CC(=O)C=C1[C@@H](F)C[C@H]1[C@@H]3C[C@H]4CN(Cc5ccccc5Cl)O[C@@]4(C(=O)CO)[C@@]3(C)C[C@H](O)[C@@]12F. The predicted molar refractivity (Wildman–Crippen MR) is 135 cm³/mol. The molecule has 0 spiro atoms. The number of carbonyl (C=O) groups excluding carboxylic acids is 2. The maximum Gasteiger partial charge on any atom is 0.192 e. The largest absolute Gasteiger partial charge is 0.390 e. The Hall–Kier alpha value is -1.97. The molecule has 1 aromatic carbocycles. The maximum absolute atomic E-state index is 17.4. The highest BCUT2D eigenvalue weighted by atomic mass is 35.5. The van der Waals surface area contributed by atoms with Gasteiger partial charge in [0.2, 0.25) is 0 Å². The quantitative estimate of drug-likeness (QED) is 0.594. The van der Waals surface area contributed by atoms with E-state index in [1.54, 1.807) is 18.1 Å². The molecule has 9 atom stereocenters. The number of nitrogens with zero attached hydrogens (tertiary/aromatic N) is 1. The smallest absolute Gasteiger partial charge is 0.192 e. The van der Waals surface area contributed by atoms with Crippen molar-refractivity contribution in [3.8, 4) is 0 Å². The molecular weight excluding hydrogens is 516 g/mol. The molecule has 0 amide bonds. The van der Waals surface area contributed by atoms with Gasteiger partial charge in [-0.05, 0) is 61.5 Å². The molecule has 1 aliphatic heterocycles. The summed E-state index contributed by atoms with van der Waals surface area (Å²) in [6.07, 6.45) is 0.797. The average Bonchev–Trinajstić information content (AvgIpc) is 3.35. The van der Waals surface area contributed by atoms with Gasteiger partial charge < -0.3 is 10.2 Å². The second kappa shape index (κ2) is 8.51. The second-order valence-electron chi connectivity index (χ2n) is 12.1. The summed E-state index contributed by atoms with van der Waals surface area (Å²) in [7, 11) is 0. The van der Waals surface area contributed by atoms with Crippen LogP contribution in [0.25, 0.3) is 0 Å². The highest BCUT2D eigenvalue weighted by Gasteiger charge is 2.79. The zero-order valence-corrected chi connectivity index (χ0v) is 22.1. The zero-order chi connectivity index (χ0) is 27.3. The Morgan fingerprint density at radius 1 is 1.24 bits per heavy atom. The third-order valence-electron chi connectivity index (χ3n) is 10.5. The van der Waals surface area contributed by atoms with E-state index < -0.39 is 64.4 Å². The van der Waals surface area contributed by atoms with E-state index in [9.17, 15) is 19.8 Å². The summed E-state index contributed by atoms with van der Waals surface area (Å²) >= 11 is 6.36. The molecule has 4 fully saturated rings. The highest BCUT2D eigenvalue weighted by molar-refractivity contribution is 6.31. The minimum absolute atomic E-state index is 0.0629. The van der Waals surface area contributed by atoms with Crippen molar-refractivity contribution in [1.82, 2.24) is 5.06 Å². The molecule has 6 rings (SSSR count). The molecule has 9 heteroatoms. The summed E-state index contributed by atoms with van der Waals surface area (Å²) in [5, 5.41) is 23.8. The molecule has 0 radical (unpaired) electrons. The number of rotatable bonds is 4. The normalized spacial score (nSPS) is 45.7. The minimum Gasteiger partial charge on any atom is -0.390 e. The van der Waals surface area contributed by atoms with Gasteiger partial charge in [-0.1, -0.05) is 42.8 Å². The van der Waals surface area contributed by atoms with Crippen molar-refractivity contribution >= 4 is 23.2 Å². The molecule has 1 saturated heterocycles. The molecule has 0 bridgehead atoms. The molecule has 2 N–H and O–H groups in total. The van der Waals surface area contributed by atoms with Gasteiger partial charge in [-0.3, -0.25) is 14.4 Å². The number of hydroxylamine groups is 2. The van der Waals surface area contributed by atoms with Crippen LogP contribution < -0.4 is 0 Å². The first-order valence-corrected chi connectivity index (χ1v) is 13.6. The topological polar surface area (TPSA) is 87.1 Å². The van der Waals surface area contributed by atoms with Crippen LogP contribution in [-0.2, 0) is 21.0 Å². The van der Waals surface area contributed by atoms with Crippen LogP contribution in [0.15, 0.2) is 48.1 Å². The van der Waals surface area contributed by atoms with Crippen molar-refractivity contribution < 1.29 is 33.4 Å². The fraction of sp³-hybridized carbons (Fsp3) is 0.586.